The summed E-state index contributed by atoms with van der Waals surface area (Å²) in [6.45, 7) is 1.99. The number of rotatable bonds is 7. The van der Waals surface area contributed by atoms with E-state index in [1.807, 2.05) is 54.6 Å². The summed E-state index contributed by atoms with van der Waals surface area (Å²) in [4.78, 5) is 11.7. The molecule has 132 valence electrons. The smallest absolute Gasteiger partial charge is 0.497 e. The van der Waals surface area contributed by atoms with Crippen LogP contribution >= 0.6 is 0 Å². The van der Waals surface area contributed by atoms with Gasteiger partial charge < -0.3 is 18.9 Å². The summed E-state index contributed by atoms with van der Waals surface area (Å²) in [6.07, 6.45) is 2.42. The topological polar surface area (TPSA) is 54.0 Å². The van der Waals surface area contributed by atoms with Crippen LogP contribution < -0.4 is 9.47 Å². The molecule has 25 heavy (non-hydrogen) atoms. The van der Waals surface area contributed by atoms with Gasteiger partial charge in [0.15, 0.2) is 0 Å². The van der Waals surface area contributed by atoms with Gasteiger partial charge in [0.05, 0.1) is 20.8 Å². The Bertz CT molecular complexity index is 689. The van der Waals surface area contributed by atoms with Gasteiger partial charge in [-0.1, -0.05) is 30.3 Å². The third-order valence-corrected chi connectivity index (χ3v) is 3.51. The van der Waals surface area contributed by atoms with Crippen molar-refractivity contribution in [1.82, 2.24) is 0 Å². The summed E-state index contributed by atoms with van der Waals surface area (Å²) in [6, 6.07) is 14.9. The fraction of sp³-hybridized carbons (Fsp3) is 0.250. The van der Waals surface area contributed by atoms with Crippen molar-refractivity contribution in [3.63, 3.8) is 0 Å². The fourth-order valence-electron chi connectivity index (χ4n) is 2.18. The van der Waals surface area contributed by atoms with Crippen LogP contribution in [0.5, 0.6) is 11.5 Å². The molecule has 0 aliphatic carbocycles. The molecule has 0 bridgehead atoms. The van der Waals surface area contributed by atoms with Gasteiger partial charge in [-0.05, 0) is 48.4 Å². The molecule has 0 aliphatic rings. The molecule has 0 spiro atoms. The van der Waals surface area contributed by atoms with Crippen molar-refractivity contribution < 1.29 is 23.7 Å². The van der Waals surface area contributed by atoms with Crippen molar-refractivity contribution in [3.8, 4) is 11.5 Å². The Balaban J connectivity index is 2.19. The van der Waals surface area contributed by atoms with Gasteiger partial charge in [-0.25, -0.2) is 4.79 Å². The first kappa shape index (κ1) is 18.4. The molecule has 5 heteroatoms. The number of benzene rings is 2. The summed E-state index contributed by atoms with van der Waals surface area (Å²) in [5, 5.41) is 0. The summed E-state index contributed by atoms with van der Waals surface area (Å²) in [5.74, 6) is 1.52. The second-order valence-electron chi connectivity index (χ2n) is 5.13. The molecule has 2 rings (SSSR count). The minimum Gasteiger partial charge on any atom is -0.497 e. The van der Waals surface area contributed by atoms with E-state index in [-0.39, 0.29) is 6.61 Å². The Kier molecular flexibility index (Phi) is 6.89. The van der Waals surface area contributed by atoms with Crippen LogP contribution in [0, 0.1) is 0 Å². The average Bonchev–Trinajstić information content (AvgIpc) is 2.66. The molecule has 0 N–H and O–H groups in total. The zero-order valence-corrected chi connectivity index (χ0v) is 14.6. The number of carbonyl (C=O) groups is 1. The second kappa shape index (κ2) is 9.37. The van der Waals surface area contributed by atoms with E-state index in [9.17, 15) is 4.79 Å². The van der Waals surface area contributed by atoms with Crippen LogP contribution in [0.4, 0.5) is 4.79 Å². The van der Waals surface area contributed by atoms with Gasteiger partial charge in [0, 0.05) is 0 Å². The van der Waals surface area contributed by atoms with E-state index in [1.165, 1.54) is 0 Å². The van der Waals surface area contributed by atoms with Crippen molar-refractivity contribution in [2.24, 2.45) is 0 Å². The maximum atomic E-state index is 11.7. The highest BCUT2D eigenvalue weighted by molar-refractivity contribution is 5.61. The van der Waals surface area contributed by atoms with Crippen molar-refractivity contribution in [2.75, 3.05) is 20.8 Å². The lowest BCUT2D eigenvalue weighted by Gasteiger charge is -2.15. The summed E-state index contributed by atoms with van der Waals surface area (Å²) in [7, 11) is 3.23. The van der Waals surface area contributed by atoms with Gasteiger partial charge in [0.25, 0.3) is 0 Å². The summed E-state index contributed by atoms with van der Waals surface area (Å²) < 4.78 is 20.6. The van der Waals surface area contributed by atoms with Gasteiger partial charge in [-0.15, -0.1) is 0 Å². The van der Waals surface area contributed by atoms with Crippen LogP contribution in [0.15, 0.2) is 54.6 Å². The molecule has 0 amide bonds. The SMILES string of the molecule is CCOC(=O)OC(/C=C/c1ccc(OC)cc1)c1ccc(OC)cc1. The van der Waals surface area contributed by atoms with Crippen LogP contribution in [0.3, 0.4) is 0 Å². The number of hydrogen-bond acceptors (Lipinski definition) is 5. The quantitative estimate of drug-likeness (QED) is 0.687. The first-order valence-corrected chi connectivity index (χ1v) is 7.96. The van der Waals surface area contributed by atoms with E-state index in [0.717, 1.165) is 22.6 Å². The van der Waals surface area contributed by atoms with Gasteiger partial charge in [0.1, 0.15) is 17.6 Å². The van der Waals surface area contributed by atoms with Gasteiger partial charge in [0.2, 0.25) is 0 Å². The van der Waals surface area contributed by atoms with Gasteiger partial charge in [-0.3, -0.25) is 0 Å². The van der Waals surface area contributed by atoms with E-state index in [1.54, 1.807) is 27.2 Å². The summed E-state index contributed by atoms with van der Waals surface area (Å²) in [5.41, 5.74) is 1.78. The largest absolute Gasteiger partial charge is 0.509 e. The standard InChI is InChI=1S/C20H22O5/c1-4-24-20(21)25-19(16-8-12-18(23-3)13-9-16)14-7-15-5-10-17(22-2)11-6-15/h5-14,19H,4H2,1-3H3/b14-7+. The first-order chi connectivity index (χ1) is 12.2. The van der Waals surface area contributed by atoms with Crippen LogP contribution in [0.25, 0.3) is 6.08 Å². The zero-order valence-electron chi connectivity index (χ0n) is 14.6. The van der Waals surface area contributed by atoms with Crippen molar-refractivity contribution in [3.05, 3.63) is 65.7 Å². The van der Waals surface area contributed by atoms with Crippen LogP contribution in [-0.2, 0) is 9.47 Å². The predicted octanol–water partition coefficient (Wildman–Crippen LogP) is 4.63. The molecule has 1 atom stereocenters. The Morgan fingerprint density at radius 3 is 2.04 bits per heavy atom. The molecule has 1 unspecified atom stereocenters. The Labute approximate surface area is 147 Å². The lowest BCUT2D eigenvalue weighted by Crippen LogP contribution is -2.11. The van der Waals surface area contributed by atoms with E-state index in [2.05, 4.69) is 0 Å². The Morgan fingerprint density at radius 2 is 1.52 bits per heavy atom. The van der Waals surface area contributed by atoms with Crippen molar-refractivity contribution in [1.29, 1.82) is 0 Å². The number of hydrogen-bond donors (Lipinski definition) is 0. The average molecular weight is 342 g/mol. The molecule has 0 fully saturated rings. The molecule has 0 radical (unpaired) electrons. The lowest BCUT2D eigenvalue weighted by atomic mass is 10.1. The van der Waals surface area contributed by atoms with Gasteiger partial charge in [-0.2, -0.15) is 0 Å². The molecule has 0 aliphatic heterocycles. The molecule has 2 aromatic rings. The Hall–Kier alpha value is -2.95. The molecule has 2 aromatic carbocycles. The molecule has 0 saturated heterocycles. The van der Waals surface area contributed by atoms with Gasteiger partial charge >= 0.3 is 6.16 Å². The molecule has 5 nitrogen and oxygen atoms in total. The minimum atomic E-state index is -0.706. The minimum absolute atomic E-state index is 0.260. The zero-order chi connectivity index (χ0) is 18.1. The normalized spacial score (nSPS) is 11.8. The number of methoxy groups -OCH3 is 2. The third-order valence-electron chi connectivity index (χ3n) is 3.51. The maximum absolute atomic E-state index is 11.7. The van der Waals surface area contributed by atoms with Crippen LogP contribution in [0.1, 0.15) is 24.2 Å². The predicted molar refractivity (Wildman–Crippen MR) is 95.9 cm³/mol. The molecule has 0 saturated carbocycles. The maximum Gasteiger partial charge on any atom is 0.509 e. The summed E-state index contributed by atoms with van der Waals surface area (Å²) >= 11 is 0. The van der Waals surface area contributed by atoms with Crippen LogP contribution in [-0.4, -0.2) is 27.0 Å². The fourth-order valence-corrected chi connectivity index (χ4v) is 2.18. The monoisotopic (exact) mass is 342 g/mol. The second-order valence-corrected chi connectivity index (χ2v) is 5.13. The number of ether oxygens (including phenoxy) is 4. The highest BCUT2D eigenvalue weighted by Gasteiger charge is 2.15. The van der Waals surface area contributed by atoms with Crippen molar-refractivity contribution >= 4 is 12.2 Å². The van der Waals surface area contributed by atoms with E-state index in [4.69, 9.17) is 18.9 Å². The van der Waals surface area contributed by atoms with Crippen molar-refractivity contribution in [2.45, 2.75) is 13.0 Å². The molecular formula is C20H22O5. The number of carbonyl (C=O) groups excluding carboxylic acids is 1. The Morgan fingerprint density at radius 1 is 0.960 bits per heavy atom. The molecule has 0 aromatic heterocycles. The van der Waals surface area contributed by atoms with E-state index >= 15 is 0 Å². The van der Waals surface area contributed by atoms with Crippen LogP contribution in [0.2, 0.25) is 0 Å². The van der Waals surface area contributed by atoms with E-state index < -0.39 is 12.3 Å². The highest BCUT2D eigenvalue weighted by atomic mass is 16.7. The lowest BCUT2D eigenvalue weighted by molar-refractivity contribution is 0.0403. The third kappa shape index (κ3) is 5.57. The first-order valence-electron chi connectivity index (χ1n) is 7.96. The van der Waals surface area contributed by atoms with E-state index in [0.29, 0.717) is 0 Å². The molecule has 0 heterocycles. The highest BCUT2D eigenvalue weighted by Crippen LogP contribution is 2.24. The molecular weight excluding hydrogens is 320 g/mol.